The molecule has 116 valence electrons. The molecule has 0 saturated heterocycles. The molecule has 1 N–H and O–H groups in total. The Kier molecular flexibility index (Phi) is 5.19. The molecule has 1 amide bonds. The van der Waals surface area contributed by atoms with Crippen molar-refractivity contribution in [2.75, 3.05) is 21.3 Å². The van der Waals surface area contributed by atoms with Crippen LogP contribution in [0.3, 0.4) is 0 Å². The van der Waals surface area contributed by atoms with Crippen molar-refractivity contribution in [2.24, 2.45) is 0 Å². The lowest BCUT2D eigenvalue weighted by Gasteiger charge is -2.14. The Morgan fingerprint density at radius 3 is 2.18 bits per heavy atom. The number of aromatic nitrogens is 1. The van der Waals surface area contributed by atoms with Crippen LogP contribution in [0.5, 0.6) is 17.2 Å². The van der Waals surface area contributed by atoms with Gasteiger partial charge in [-0.2, -0.15) is 0 Å². The SMILES string of the molecule is COc1cc(OC)c(OC)cc1CNC(=O)c1ccncc1. The molecule has 1 aromatic carbocycles. The zero-order chi connectivity index (χ0) is 15.9. The van der Waals surface area contributed by atoms with Crippen LogP contribution in [-0.2, 0) is 6.54 Å². The Balaban J connectivity index is 2.17. The van der Waals surface area contributed by atoms with Crippen molar-refractivity contribution in [3.63, 3.8) is 0 Å². The number of rotatable bonds is 6. The number of amides is 1. The van der Waals surface area contributed by atoms with Gasteiger partial charge in [-0.25, -0.2) is 0 Å². The van der Waals surface area contributed by atoms with Crippen LogP contribution in [-0.4, -0.2) is 32.2 Å². The fraction of sp³-hybridized carbons (Fsp3) is 0.250. The number of methoxy groups -OCH3 is 3. The maximum absolute atomic E-state index is 12.1. The number of carbonyl (C=O) groups excluding carboxylic acids is 1. The first kappa shape index (κ1) is 15.6. The Hall–Kier alpha value is -2.76. The number of nitrogens with zero attached hydrogens (tertiary/aromatic N) is 1. The molecule has 2 aromatic rings. The van der Waals surface area contributed by atoms with Crippen LogP contribution >= 0.6 is 0 Å². The fourth-order valence-electron chi connectivity index (χ4n) is 2.01. The minimum Gasteiger partial charge on any atom is -0.496 e. The van der Waals surface area contributed by atoms with E-state index in [4.69, 9.17) is 14.2 Å². The smallest absolute Gasteiger partial charge is 0.251 e. The molecular formula is C16H18N2O4. The molecule has 22 heavy (non-hydrogen) atoms. The van der Waals surface area contributed by atoms with Gasteiger partial charge in [0.05, 0.1) is 21.3 Å². The van der Waals surface area contributed by atoms with E-state index in [1.54, 1.807) is 58.0 Å². The van der Waals surface area contributed by atoms with Crippen molar-refractivity contribution in [3.05, 3.63) is 47.8 Å². The molecule has 0 aliphatic heterocycles. The molecular weight excluding hydrogens is 284 g/mol. The Morgan fingerprint density at radius 1 is 1.00 bits per heavy atom. The molecule has 0 unspecified atom stereocenters. The highest BCUT2D eigenvalue weighted by Gasteiger charge is 2.13. The molecule has 6 heteroatoms. The average molecular weight is 302 g/mol. The summed E-state index contributed by atoms with van der Waals surface area (Å²) in [7, 11) is 4.68. The lowest BCUT2D eigenvalue weighted by Crippen LogP contribution is -2.23. The fourth-order valence-corrected chi connectivity index (χ4v) is 2.01. The highest BCUT2D eigenvalue weighted by molar-refractivity contribution is 5.93. The first-order chi connectivity index (χ1) is 10.7. The van der Waals surface area contributed by atoms with Gasteiger partial charge < -0.3 is 19.5 Å². The minimum absolute atomic E-state index is 0.181. The Labute approximate surface area is 129 Å². The summed E-state index contributed by atoms with van der Waals surface area (Å²) in [6.45, 7) is 0.310. The van der Waals surface area contributed by atoms with E-state index in [2.05, 4.69) is 10.3 Å². The standard InChI is InChI=1S/C16H18N2O4/c1-20-13-9-15(22-3)14(21-2)8-12(13)10-18-16(19)11-4-6-17-7-5-11/h4-9H,10H2,1-3H3,(H,18,19). The molecule has 0 saturated carbocycles. The van der Waals surface area contributed by atoms with Crippen molar-refractivity contribution in [3.8, 4) is 17.2 Å². The van der Waals surface area contributed by atoms with Crippen LogP contribution in [0.2, 0.25) is 0 Å². The third-order valence-electron chi connectivity index (χ3n) is 3.17. The highest BCUT2D eigenvalue weighted by Crippen LogP contribution is 2.34. The van der Waals surface area contributed by atoms with E-state index in [0.29, 0.717) is 29.4 Å². The Bertz CT molecular complexity index is 644. The van der Waals surface area contributed by atoms with Gasteiger partial charge in [0, 0.05) is 36.1 Å². The van der Waals surface area contributed by atoms with Crippen LogP contribution < -0.4 is 19.5 Å². The number of hydrogen-bond acceptors (Lipinski definition) is 5. The van der Waals surface area contributed by atoms with Gasteiger partial charge in [0.25, 0.3) is 5.91 Å². The molecule has 2 rings (SSSR count). The first-order valence-corrected chi connectivity index (χ1v) is 6.66. The van der Waals surface area contributed by atoms with Crippen molar-refractivity contribution in [1.29, 1.82) is 0 Å². The zero-order valence-corrected chi connectivity index (χ0v) is 12.8. The van der Waals surface area contributed by atoms with E-state index < -0.39 is 0 Å². The van der Waals surface area contributed by atoms with Crippen molar-refractivity contribution >= 4 is 5.91 Å². The maximum Gasteiger partial charge on any atom is 0.251 e. The summed E-state index contributed by atoms with van der Waals surface area (Å²) >= 11 is 0. The maximum atomic E-state index is 12.1. The van der Waals surface area contributed by atoms with E-state index >= 15 is 0 Å². The number of benzene rings is 1. The molecule has 1 heterocycles. The minimum atomic E-state index is -0.181. The van der Waals surface area contributed by atoms with E-state index in [1.165, 1.54) is 0 Å². The second kappa shape index (κ2) is 7.31. The van der Waals surface area contributed by atoms with Gasteiger partial charge in [-0.05, 0) is 18.2 Å². The second-order valence-electron chi connectivity index (χ2n) is 4.44. The summed E-state index contributed by atoms with van der Waals surface area (Å²) < 4.78 is 15.8. The average Bonchev–Trinajstić information content (AvgIpc) is 2.59. The molecule has 0 fully saturated rings. The van der Waals surface area contributed by atoms with Gasteiger partial charge in [-0.15, -0.1) is 0 Å². The molecule has 0 aliphatic carbocycles. The lowest BCUT2D eigenvalue weighted by atomic mass is 10.1. The molecule has 1 aromatic heterocycles. The van der Waals surface area contributed by atoms with Crippen LogP contribution in [0.4, 0.5) is 0 Å². The number of ether oxygens (including phenoxy) is 3. The first-order valence-electron chi connectivity index (χ1n) is 6.66. The molecule has 6 nitrogen and oxygen atoms in total. The van der Waals surface area contributed by atoms with Gasteiger partial charge in [-0.3, -0.25) is 9.78 Å². The molecule has 0 radical (unpaired) electrons. The van der Waals surface area contributed by atoms with Gasteiger partial charge in [-0.1, -0.05) is 0 Å². The summed E-state index contributed by atoms with van der Waals surface area (Å²) in [5.74, 6) is 1.59. The monoisotopic (exact) mass is 302 g/mol. The molecule has 0 bridgehead atoms. The van der Waals surface area contributed by atoms with Crippen LogP contribution in [0, 0.1) is 0 Å². The predicted molar refractivity (Wildman–Crippen MR) is 81.5 cm³/mol. The van der Waals surface area contributed by atoms with E-state index in [9.17, 15) is 4.79 Å². The highest BCUT2D eigenvalue weighted by atomic mass is 16.5. The third kappa shape index (κ3) is 3.46. The van der Waals surface area contributed by atoms with Crippen molar-refractivity contribution < 1.29 is 19.0 Å². The van der Waals surface area contributed by atoms with Crippen LogP contribution in [0.25, 0.3) is 0 Å². The normalized spacial score (nSPS) is 9.95. The number of carbonyl (C=O) groups is 1. The summed E-state index contributed by atoms with van der Waals surface area (Å²) in [6.07, 6.45) is 3.15. The number of pyridine rings is 1. The van der Waals surface area contributed by atoms with Crippen LogP contribution in [0.1, 0.15) is 15.9 Å². The Morgan fingerprint density at radius 2 is 1.59 bits per heavy atom. The van der Waals surface area contributed by atoms with Crippen molar-refractivity contribution in [2.45, 2.75) is 6.54 Å². The summed E-state index contributed by atoms with van der Waals surface area (Å²) in [5, 5.41) is 2.84. The summed E-state index contributed by atoms with van der Waals surface area (Å²) in [4.78, 5) is 15.9. The molecule has 0 aliphatic rings. The third-order valence-corrected chi connectivity index (χ3v) is 3.17. The number of nitrogens with one attached hydrogen (secondary N) is 1. The largest absolute Gasteiger partial charge is 0.496 e. The van der Waals surface area contributed by atoms with Gasteiger partial charge in [0.2, 0.25) is 0 Å². The van der Waals surface area contributed by atoms with E-state index in [-0.39, 0.29) is 5.91 Å². The molecule has 0 spiro atoms. The van der Waals surface area contributed by atoms with Crippen molar-refractivity contribution in [1.82, 2.24) is 10.3 Å². The van der Waals surface area contributed by atoms with Gasteiger partial charge in [0.1, 0.15) is 5.75 Å². The van der Waals surface area contributed by atoms with Gasteiger partial charge in [0.15, 0.2) is 11.5 Å². The quantitative estimate of drug-likeness (QED) is 0.884. The number of hydrogen-bond donors (Lipinski definition) is 1. The lowest BCUT2D eigenvalue weighted by molar-refractivity contribution is 0.0950. The predicted octanol–water partition coefficient (Wildman–Crippen LogP) is 2.04. The topological polar surface area (TPSA) is 69.7 Å². The molecule has 0 atom stereocenters. The zero-order valence-electron chi connectivity index (χ0n) is 12.8. The summed E-state index contributed by atoms with van der Waals surface area (Å²) in [6, 6.07) is 6.82. The second-order valence-corrected chi connectivity index (χ2v) is 4.44. The van der Waals surface area contributed by atoms with Gasteiger partial charge >= 0.3 is 0 Å². The van der Waals surface area contributed by atoms with Crippen LogP contribution in [0.15, 0.2) is 36.7 Å². The van der Waals surface area contributed by atoms with E-state index in [0.717, 1.165) is 5.56 Å². The summed E-state index contributed by atoms with van der Waals surface area (Å²) in [5.41, 5.74) is 1.34. The van der Waals surface area contributed by atoms with E-state index in [1.807, 2.05) is 0 Å².